The van der Waals surface area contributed by atoms with Crippen molar-refractivity contribution in [2.24, 2.45) is 4.99 Å². The molecule has 0 aliphatic carbocycles. The molecule has 2 aromatic rings. The van der Waals surface area contributed by atoms with Crippen molar-refractivity contribution >= 4 is 41.3 Å². The molecule has 0 bridgehead atoms. The van der Waals surface area contributed by atoms with Gasteiger partial charge in [-0.3, -0.25) is 0 Å². The van der Waals surface area contributed by atoms with Gasteiger partial charge in [0.05, 0.1) is 20.8 Å². The number of aliphatic imine (C=N–C) groups is 1. The monoisotopic (exact) mass is 475 g/mol. The van der Waals surface area contributed by atoms with Crippen LogP contribution in [-0.2, 0) is 13.1 Å². The van der Waals surface area contributed by atoms with E-state index in [2.05, 4.69) is 28.6 Å². The van der Waals surface area contributed by atoms with Gasteiger partial charge in [-0.05, 0) is 30.5 Å². The number of methoxy groups -OCH3 is 2. The van der Waals surface area contributed by atoms with E-state index in [1.54, 1.807) is 25.6 Å². The third kappa shape index (κ3) is 6.39. The Kier molecular flexibility index (Phi) is 9.66. The molecule has 1 aromatic carbocycles. The average Bonchev–Trinajstić information content (AvgIpc) is 3.12. The molecule has 0 amide bonds. The predicted molar refractivity (Wildman–Crippen MR) is 116 cm³/mol. The predicted octanol–water partition coefficient (Wildman–Crippen LogP) is 3.98. The molecule has 1 heterocycles. The van der Waals surface area contributed by atoms with Crippen LogP contribution in [0.25, 0.3) is 0 Å². The summed E-state index contributed by atoms with van der Waals surface area (Å²) in [6, 6.07) is 10.0. The molecular formula is C18H26IN3O2S. The number of nitrogens with zero attached hydrogens (tertiary/aromatic N) is 2. The van der Waals surface area contributed by atoms with Crippen LogP contribution in [-0.4, -0.2) is 38.7 Å². The number of guanidine groups is 1. The number of hydrogen-bond donors (Lipinski definition) is 1. The third-order valence-electron chi connectivity index (χ3n) is 3.56. The first-order valence-corrected chi connectivity index (χ1v) is 8.78. The van der Waals surface area contributed by atoms with E-state index in [-0.39, 0.29) is 24.0 Å². The van der Waals surface area contributed by atoms with Crippen LogP contribution in [0.3, 0.4) is 0 Å². The van der Waals surface area contributed by atoms with Crippen molar-refractivity contribution in [1.29, 1.82) is 0 Å². The molecule has 1 aromatic heterocycles. The van der Waals surface area contributed by atoms with E-state index in [0.29, 0.717) is 13.1 Å². The maximum atomic E-state index is 5.48. The highest BCUT2D eigenvalue weighted by molar-refractivity contribution is 14.0. The second-order valence-electron chi connectivity index (χ2n) is 5.28. The summed E-state index contributed by atoms with van der Waals surface area (Å²) < 4.78 is 10.7. The summed E-state index contributed by atoms with van der Waals surface area (Å²) in [5.41, 5.74) is 1.09. The first-order valence-electron chi connectivity index (χ1n) is 7.90. The highest BCUT2D eigenvalue weighted by Crippen LogP contribution is 2.25. The van der Waals surface area contributed by atoms with E-state index in [4.69, 9.17) is 14.5 Å². The van der Waals surface area contributed by atoms with E-state index in [1.807, 2.05) is 31.3 Å². The van der Waals surface area contributed by atoms with Crippen LogP contribution in [0.4, 0.5) is 0 Å². The Bertz CT molecular complexity index is 662. The molecule has 0 saturated heterocycles. The summed E-state index contributed by atoms with van der Waals surface area (Å²) in [4.78, 5) is 8.07. The van der Waals surface area contributed by atoms with E-state index < -0.39 is 0 Å². The molecule has 0 atom stereocenters. The lowest BCUT2D eigenvalue weighted by Gasteiger charge is -2.23. The Morgan fingerprint density at radius 2 is 2.04 bits per heavy atom. The van der Waals surface area contributed by atoms with Crippen molar-refractivity contribution in [3.63, 3.8) is 0 Å². The quantitative estimate of drug-likeness (QED) is 0.374. The van der Waals surface area contributed by atoms with Crippen molar-refractivity contribution in [3.05, 3.63) is 46.2 Å². The van der Waals surface area contributed by atoms with Crippen molar-refractivity contribution in [2.75, 3.05) is 27.8 Å². The molecule has 138 valence electrons. The normalized spacial score (nSPS) is 10.8. The number of nitrogens with one attached hydrogen (secondary N) is 1. The van der Waals surface area contributed by atoms with E-state index in [1.165, 1.54) is 4.88 Å². The highest BCUT2D eigenvalue weighted by Gasteiger charge is 2.11. The molecule has 0 radical (unpaired) electrons. The first-order chi connectivity index (χ1) is 11.7. The van der Waals surface area contributed by atoms with Crippen molar-refractivity contribution in [3.8, 4) is 11.5 Å². The molecule has 7 heteroatoms. The van der Waals surface area contributed by atoms with Gasteiger partial charge < -0.3 is 19.7 Å². The number of rotatable bonds is 7. The molecule has 1 N–H and O–H groups in total. The van der Waals surface area contributed by atoms with Crippen LogP contribution in [0, 0.1) is 0 Å². The van der Waals surface area contributed by atoms with Crippen LogP contribution in [0.2, 0.25) is 0 Å². The van der Waals surface area contributed by atoms with Crippen LogP contribution < -0.4 is 14.8 Å². The molecule has 0 unspecified atom stereocenters. The molecule has 2 rings (SSSR count). The molecule has 0 saturated carbocycles. The van der Waals surface area contributed by atoms with Gasteiger partial charge in [-0.1, -0.05) is 6.07 Å². The lowest BCUT2D eigenvalue weighted by molar-refractivity contribution is 0.382. The summed E-state index contributed by atoms with van der Waals surface area (Å²) >= 11 is 1.72. The molecule has 0 aliphatic rings. The van der Waals surface area contributed by atoms with Gasteiger partial charge in [-0.25, -0.2) is 4.99 Å². The number of hydrogen-bond acceptors (Lipinski definition) is 4. The molecular weight excluding hydrogens is 449 g/mol. The van der Waals surface area contributed by atoms with E-state index in [0.717, 1.165) is 29.6 Å². The zero-order chi connectivity index (χ0) is 17.4. The van der Waals surface area contributed by atoms with Gasteiger partial charge >= 0.3 is 0 Å². The van der Waals surface area contributed by atoms with Gasteiger partial charge in [0.25, 0.3) is 0 Å². The van der Waals surface area contributed by atoms with Gasteiger partial charge in [0.1, 0.15) is 11.5 Å². The van der Waals surface area contributed by atoms with Crippen molar-refractivity contribution < 1.29 is 9.47 Å². The topological polar surface area (TPSA) is 46.1 Å². The van der Waals surface area contributed by atoms with Crippen LogP contribution in [0.1, 0.15) is 17.4 Å². The minimum atomic E-state index is 0. The summed E-state index contributed by atoms with van der Waals surface area (Å²) in [6.45, 7) is 4.28. The van der Waals surface area contributed by atoms with Gasteiger partial charge in [-0.15, -0.1) is 35.3 Å². The zero-order valence-electron chi connectivity index (χ0n) is 15.1. The zero-order valence-corrected chi connectivity index (χ0v) is 18.3. The van der Waals surface area contributed by atoms with Crippen LogP contribution in [0.5, 0.6) is 11.5 Å². The Balaban J connectivity index is 0.00000312. The maximum Gasteiger partial charge on any atom is 0.194 e. The van der Waals surface area contributed by atoms with Crippen LogP contribution in [0.15, 0.2) is 40.7 Å². The third-order valence-corrected chi connectivity index (χ3v) is 4.42. The second-order valence-corrected chi connectivity index (χ2v) is 6.32. The minimum absolute atomic E-state index is 0. The van der Waals surface area contributed by atoms with Gasteiger partial charge in [0.2, 0.25) is 0 Å². The standard InChI is InChI=1S/C18H25N3O2S.HI/c1-5-19-18(20-12-16-7-6-10-24-16)21(2)13-14-8-9-15(22-3)11-17(14)23-4;/h6-11H,5,12-13H2,1-4H3,(H,19,20);1H. The average molecular weight is 475 g/mol. The van der Waals surface area contributed by atoms with Gasteiger partial charge in [0.15, 0.2) is 5.96 Å². The van der Waals surface area contributed by atoms with Crippen LogP contribution >= 0.6 is 35.3 Å². The van der Waals surface area contributed by atoms with E-state index in [9.17, 15) is 0 Å². The Morgan fingerprint density at radius 1 is 1.24 bits per heavy atom. The summed E-state index contributed by atoms with van der Waals surface area (Å²) in [7, 11) is 5.36. The number of halogens is 1. The fourth-order valence-electron chi connectivity index (χ4n) is 2.34. The van der Waals surface area contributed by atoms with Gasteiger partial charge in [0, 0.05) is 36.6 Å². The number of ether oxygens (including phenoxy) is 2. The second kappa shape index (κ2) is 11.2. The lowest BCUT2D eigenvalue weighted by atomic mass is 10.2. The molecule has 0 spiro atoms. The first kappa shape index (κ1) is 21.6. The molecule has 5 nitrogen and oxygen atoms in total. The summed E-state index contributed by atoms with van der Waals surface area (Å²) in [5.74, 6) is 2.48. The van der Waals surface area contributed by atoms with Crippen molar-refractivity contribution in [1.82, 2.24) is 10.2 Å². The van der Waals surface area contributed by atoms with E-state index >= 15 is 0 Å². The maximum absolute atomic E-state index is 5.48. The molecule has 0 fully saturated rings. The Hall–Kier alpha value is -1.48. The fraction of sp³-hybridized carbons (Fsp3) is 0.389. The van der Waals surface area contributed by atoms with Crippen molar-refractivity contribution in [2.45, 2.75) is 20.0 Å². The Morgan fingerprint density at radius 3 is 2.64 bits per heavy atom. The minimum Gasteiger partial charge on any atom is -0.497 e. The lowest BCUT2D eigenvalue weighted by Crippen LogP contribution is -2.38. The molecule has 0 aliphatic heterocycles. The SMILES string of the molecule is CCNC(=NCc1cccs1)N(C)Cc1ccc(OC)cc1OC.I. The number of thiophene rings is 1. The Labute approximate surface area is 171 Å². The number of benzene rings is 1. The summed E-state index contributed by atoms with van der Waals surface area (Å²) in [5, 5.41) is 5.41. The highest BCUT2D eigenvalue weighted by atomic mass is 127. The largest absolute Gasteiger partial charge is 0.497 e. The van der Waals surface area contributed by atoms with Gasteiger partial charge in [-0.2, -0.15) is 0 Å². The smallest absolute Gasteiger partial charge is 0.194 e. The fourth-order valence-corrected chi connectivity index (χ4v) is 2.97. The summed E-state index contributed by atoms with van der Waals surface area (Å²) in [6.07, 6.45) is 0. The molecule has 25 heavy (non-hydrogen) atoms.